The number of aromatic nitrogens is 1. The fourth-order valence-electron chi connectivity index (χ4n) is 1.54. The Kier molecular flexibility index (Phi) is 4.93. The van der Waals surface area contributed by atoms with Crippen LogP contribution in [0.25, 0.3) is 0 Å². The minimum absolute atomic E-state index is 0.717. The summed E-state index contributed by atoms with van der Waals surface area (Å²) in [6, 6.07) is 9.73. The molecule has 18 heavy (non-hydrogen) atoms. The Balaban J connectivity index is 1.94. The van der Waals surface area contributed by atoms with E-state index < -0.39 is 0 Å². The molecule has 0 unspecified atom stereocenters. The number of thioether (sulfide) groups is 1. The number of aryl methyl sites for hydroxylation is 2. The summed E-state index contributed by atoms with van der Waals surface area (Å²) in [5, 5.41) is 1.43. The Hall–Kier alpha value is -0.700. The van der Waals surface area contributed by atoms with Crippen LogP contribution in [-0.4, -0.2) is 10.7 Å². The van der Waals surface area contributed by atoms with Gasteiger partial charge >= 0.3 is 0 Å². The van der Waals surface area contributed by atoms with Crippen molar-refractivity contribution in [1.29, 1.82) is 0 Å². The van der Waals surface area contributed by atoms with Crippen molar-refractivity contribution in [3.05, 3.63) is 57.8 Å². The van der Waals surface area contributed by atoms with E-state index >= 15 is 0 Å². The van der Waals surface area contributed by atoms with Crippen LogP contribution >= 0.6 is 35.0 Å². The Morgan fingerprint density at radius 2 is 1.83 bits per heavy atom. The lowest BCUT2D eigenvalue weighted by Gasteiger charge is -2.06. The molecule has 0 aliphatic carbocycles. The maximum absolute atomic E-state index is 6.11. The van der Waals surface area contributed by atoms with Crippen LogP contribution in [-0.2, 0) is 6.42 Å². The van der Waals surface area contributed by atoms with Gasteiger partial charge in [0.25, 0.3) is 0 Å². The molecule has 1 aromatic carbocycles. The molecular weight excluding hydrogens is 285 g/mol. The molecule has 94 valence electrons. The van der Waals surface area contributed by atoms with Crippen molar-refractivity contribution in [2.75, 3.05) is 5.75 Å². The smallest absolute Gasteiger partial charge is 0.0556 e. The highest BCUT2D eigenvalue weighted by Gasteiger charge is 2.05. The third kappa shape index (κ3) is 3.64. The van der Waals surface area contributed by atoms with Gasteiger partial charge < -0.3 is 0 Å². The normalized spacial score (nSPS) is 10.6. The molecule has 1 nitrogen and oxygen atoms in total. The molecule has 0 saturated heterocycles. The minimum Gasteiger partial charge on any atom is -0.261 e. The SMILES string of the molecule is Cc1ccc(CCSc2c(Cl)cccc2Cl)cn1. The third-order valence-electron chi connectivity index (χ3n) is 2.53. The van der Waals surface area contributed by atoms with Crippen molar-refractivity contribution in [3.8, 4) is 0 Å². The van der Waals surface area contributed by atoms with Gasteiger partial charge in [0.05, 0.1) is 10.0 Å². The number of nitrogens with zero attached hydrogens (tertiary/aromatic N) is 1. The molecule has 0 amide bonds. The third-order valence-corrected chi connectivity index (χ3v) is 4.52. The summed E-state index contributed by atoms with van der Waals surface area (Å²) in [6.07, 6.45) is 2.88. The van der Waals surface area contributed by atoms with Crippen LogP contribution in [0.2, 0.25) is 10.0 Å². The Labute approximate surface area is 122 Å². The van der Waals surface area contributed by atoms with Crippen molar-refractivity contribution >= 4 is 35.0 Å². The van der Waals surface area contributed by atoms with Gasteiger partial charge in [-0.1, -0.05) is 35.3 Å². The van der Waals surface area contributed by atoms with E-state index in [9.17, 15) is 0 Å². The maximum Gasteiger partial charge on any atom is 0.0556 e. The maximum atomic E-state index is 6.11. The first-order valence-electron chi connectivity index (χ1n) is 5.65. The zero-order chi connectivity index (χ0) is 13.0. The van der Waals surface area contributed by atoms with Crippen LogP contribution in [0.3, 0.4) is 0 Å². The van der Waals surface area contributed by atoms with Gasteiger partial charge in [-0.15, -0.1) is 11.8 Å². The summed E-state index contributed by atoms with van der Waals surface area (Å²) in [4.78, 5) is 5.24. The zero-order valence-corrected chi connectivity index (χ0v) is 12.3. The molecule has 1 aromatic heterocycles. The van der Waals surface area contributed by atoms with Gasteiger partial charge in [0, 0.05) is 22.5 Å². The second kappa shape index (κ2) is 6.46. The van der Waals surface area contributed by atoms with E-state index in [4.69, 9.17) is 23.2 Å². The van der Waals surface area contributed by atoms with E-state index in [1.165, 1.54) is 5.56 Å². The van der Waals surface area contributed by atoms with E-state index in [2.05, 4.69) is 11.1 Å². The molecule has 2 aromatic rings. The number of hydrogen-bond acceptors (Lipinski definition) is 2. The molecule has 0 fully saturated rings. The topological polar surface area (TPSA) is 12.9 Å². The second-order valence-corrected chi connectivity index (χ2v) is 5.88. The van der Waals surface area contributed by atoms with Gasteiger partial charge in [-0.25, -0.2) is 0 Å². The van der Waals surface area contributed by atoms with Crippen molar-refractivity contribution in [1.82, 2.24) is 4.98 Å². The first-order chi connectivity index (χ1) is 8.66. The Morgan fingerprint density at radius 3 is 2.44 bits per heavy atom. The van der Waals surface area contributed by atoms with Crippen LogP contribution in [0.4, 0.5) is 0 Å². The Morgan fingerprint density at radius 1 is 1.11 bits per heavy atom. The summed E-state index contributed by atoms with van der Waals surface area (Å²) >= 11 is 13.9. The highest BCUT2D eigenvalue weighted by atomic mass is 35.5. The molecule has 0 N–H and O–H groups in total. The lowest BCUT2D eigenvalue weighted by Crippen LogP contribution is -1.91. The first-order valence-corrected chi connectivity index (χ1v) is 7.39. The average Bonchev–Trinajstić information content (AvgIpc) is 2.35. The predicted octanol–water partition coefficient (Wildman–Crippen LogP) is 5.03. The second-order valence-electron chi connectivity index (χ2n) is 3.96. The lowest BCUT2D eigenvalue weighted by molar-refractivity contribution is 1.09. The molecule has 4 heteroatoms. The average molecular weight is 298 g/mol. The number of halogens is 2. The number of hydrogen-bond donors (Lipinski definition) is 0. The molecule has 0 atom stereocenters. The van der Waals surface area contributed by atoms with Crippen molar-refractivity contribution in [3.63, 3.8) is 0 Å². The Bertz CT molecular complexity index is 506. The van der Waals surface area contributed by atoms with Crippen LogP contribution < -0.4 is 0 Å². The monoisotopic (exact) mass is 297 g/mol. The van der Waals surface area contributed by atoms with Gasteiger partial charge in [-0.3, -0.25) is 4.98 Å². The van der Waals surface area contributed by atoms with Crippen LogP contribution in [0.1, 0.15) is 11.3 Å². The van der Waals surface area contributed by atoms with Crippen LogP contribution in [0.5, 0.6) is 0 Å². The van der Waals surface area contributed by atoms with Crippen LogP contribution in [0.15, 0.2) is 41.4 Å². The number of pyridine rings is 1. The number of rotatable bonds is 4. The molecular formula is C14H13Cl2NS. The van der Waals surface area contributed by atoms with Gasteiger partial charge in [0.2, 0.25) is 0 Å². The molecule has 1 heterocycles. The van der Waals surface area contributed by atoms with Crippen LogP contribution in [0, 0.1) is 6.92 Å². The predicted molar refractivity (Wildman–Crippen MR) is 79.9 cm³/mol. The molecule has 0 bridgehead atoms. The minimum atomic E-state index is 0.717. The van der Waals surface area contributed by atoms with E-state index in [-0.39, 0.29) is 0 Å². The van der Waals surface area contributed by atoms with E-state index in [1.54, 1.807) is 11.8 Å². The highest BCUT2D eigenvalue weighted by molar-refractivity contribution is 7.99. The van der Waals surface area contributed by atoms with E-state index in [0.717, 1.165) is 32.8 Å². The lowest BCUT2D eigenvalue weighted by atomic mass is 10.2. The first kappa shape index (κ1) is 13.7. The summed E-state index contributed by atoms with van der Waals surface area (Å²) in [5.74, 6) is 0.939. The van der Waals surface area contributed by atoms with Gasteiger partial charge in [0.1, 0.15) is 0 Å². The molecule has 0 aliphatic heterocycles. The van der Waals surface area contributed by atoms with Gasteiger partial charge in [-0.2, -0.15) is 0 Å². The fourth-order valence-corrected chi connectivity index (χ4v) is 3.22. The van der Waals surface area contributed by atoms with Crippen molar-refractivity contribution < 1.29 is 0 Å². The molecule has 0 spiro atoms. The summed E-state index contributed by atoms with van der Waals surface area (Å²) in [7, 11) is 0. The van der Waals surface area contributed by atoms with Gasteiger partial charge in [-0.05, 0) is 37.1 Å². The molecule has 0 saturated carbocycles. The number of benzene rings is 1. The largest absolute Gasteiger partial charge is 0.261 e. The summed E-state index contributed by atoms with van der Waals surface area (Å²) in [5.41, 5.74) is 2.27. The molecule has 0 aliphatic rings. The fraction of sp³-hybridized carbons (Fsp3) is 0.214. The summed E-state index contributed by atoms with van der Waals surface area (Å²) in [6.45, 7) is 1.99. The zero-order valence-electron chi connectivity index (χ0n) is 9.99. The van der Waals surface area contributed by atoms with E-state index in [0.29, 0.717) is 0 Å². The van der Waals surface area contributed by atoms with Gasteiger partial charge in [0.15, 0.2) is 0 Å². The highest BCUT2D eigenvalue weighted by Crippen LogP contribution is 2.34. The standard InChI is InChI=1S/C14H13Cl2NS/c1-10-5-6-11(9-17-10)7-8-18-14-12(15)3-2-4-13(14)16/h2-6,9H,7-8H2,1H3. The van der Waals surface area contributed by atoms with Crippen molar-refractivity contribution in [2.24, 2.45) is 0 Å². The quantitative estimate of drug-likeness (QED) is 0.734. The van der Waals surface area contributed by atoms with E-state index in [1.807, 2.05) is 37.4 Å². The molecule has 0 radical (unpaired) electrons. The van der Waals surface area contributed by atoms with Crippen molar-refractivity contribution in [2.45, 2.75) is 18.2 Å². The summed E-state index contributed by atoms with van der Waals surface area (Å²) < 4.78 is 0. The molecule has 2 rings (SSSR count).